The molecule has 1 heterocycles. The molecule has 0 amide bonds. The van der Waals surface area contributed by atoms with Crippen LogP contribution in [-0.2, 0) is 6.42 Å². The van der Waals surface area contributed by atoms with Gasteiger partial charge in [0.25, 0.3) is 0 Å². The van der Waals surface area contributed by atoms with Gasteiger partial charge in [0.2, 0.25) is 0 Å². The molecule has 0 aliphatic rings. The number of pyridine rings is 1. The summed E-state index contributed by atoms with van der Waals surface area (Å²) in [4.78, 5) is 4.33. The molecule has 0 aliphatic heterocycles. The second-order valence-electron chi connectivity index (χ2n) is 4.65. The van der Waals surface area contributed by atoms with Crippen molar-refractivity contribution in [2.24, 2.45) is 5.73 Å². The van der Waals surface area contributed by atoms with Crippen molar-refractivity contribution in [1.29, 1.82) is 0 Å². The van der Waals surface area contributed by atoms with Crippen LogP contribution in [0.15, 0.2) is 30.3 Å². The monoisotopic (exact) mass is 262 g/mol. The van der Waals surface area contributed by atoms with Gasteiger partial charge in [-0.05, 0) is 43.5 Å². The van der Waals surface area contributed by atoms with E-state index in [0.717, 1.165) is 23.0 Å². The fourth-order valence-electron chi connectivity index (χ4n) is 2.14. The van der Waals surface area contributed by atoms with Crippen molar-refractivity contribution in [3.8, 4) is 0 Å². The number of nitrogens with zero attached hydrogens (tertiary/aromatic N) is 1. The van der Waals surface area contributed by atoms with Crippen LogP contribution in [0.3, 0.4) is 0 Å². The average Bonchev–Trinajstić information content (AvgIpc) is 2.34. The largest absolute Gasteiger partial charge is 0.324 e. The highest BCUT2D eigenvalue weighted by molar-refractivity contribution is 5.28. The fourth-order valence-corrected chi connectivity index (χ4v) is 2.14. The molecule has 0 aliphatic carbocycles. The smallest absolute Gasteiger partial charge is 0.162 e. The van der Waals surface area contributed by atoms with Crippen molar-refractivity contribution in [1.82, 2.24) is 4.98 Å². The van der Waals surface area contributed by atoms with Gasteiger partial charge in [-0.1, -0.05) is 18.2 Å². The normalized spacial score (nSPS) is 12.5. The number of hydrogen-bond donors (Lipinski definition) is 1. The molecule has 4 heteroatoms. The molecule has 0 spiro atoms. The highest BCUT2D eigenvalue weighted by Gasteiger charge is 2.15. The van der Waals surface area contributed by atoms with E-state index in [-0.39, 0.29) is 12.0 Å². The van der Waals surface area contributed by atoms with Crippen LogP contribution in [0.5, 0.6) is 0 Å². The third kappa shape index (κ3) is 2.96. The lowest BCUT2D eigenvalue weighted by Gasteiger charge is -2.15. The maximum absolute atomic E-state index is 13.6. The van der Waals surface area contributed by atoms with E-state index in [4.69, 9.17) is 5.73 Å². The molecule has 19 heavy (non-hydrogen) atoms. The molecular weight excluding hydrogens is 246 g/mol. The molecule has 1 aromatic carbocycles. The summed E-state index contributed by atoms with van der Waals surface area (Å²) < 4.78 is 26.7. The van der Waals surface area contributed by atoms with Gasteiger partial charge in [0.15, 0.2) is 11.6 Å². The van der Waals surface area contributed by atoms with Crippen molar-refractivity contribution in [3.05, 3.63) is 64.5 Å². The van der Waals surface area contributed by atoms with E-state index in [2.05, 4.69) is 4.98 Å². The van der Waals surface area contributed by atoms with E-state index in [9.17, 15) is 8.78 Å². The van der Waals surface area contributed by atoms with Gasteiger partial charge < -0.3 is 5.73 Å². The summed E-state index contributed by atoms with van der Waals surface area (Å²) >= 11 is 0. The van der Waals surface area contributed by atoms with Gasteiger partial charge in [-0.3, -0.25) is 4.98 Å². The van der Waals surface area contributed by atoms with Crippen molar-refractivity contribution in [2.75, 3.05) is 0 Å². The maximum atomic E-state index is 13.6. The highest BCUT2D eigenvalue weighted by Crippen LogP contribution is 2.21. The predicted octanol–water partition coefficient (Wildman–Crippen LogP) is 3.22. The zero-order chi connectivity index (χ0) is 14.0. The first-order valence-electron chi connectivity index (χ1n) is 6.11. The first-order chi connectivity index (χ1) is 8.99. The van der Waals surface area contributed by atoms with Gasteiger partial charge in [-0.2, -0.15) is 0 Å². The van der Waals surface area contributed by atoms with Crippen molar-refractivity contribution in [2.45, 2.75) is 26.3 Å². The summed E-state index contributed by atoms with van der Waals surface area (Å²) in [5, 5.41) is 0. The van der Waals surface area contributed by atoms with Crippen LogP contribution < -0.4 is 5.73 Å². The quantitative estimate of drug-likeness (QED) is 0.922. The molecule has 0 fully saturated rings. The highest BCUT2D eigenvalue weighted by atomic mass is 19.2. The molecule has 0 saturated heterocycles. The number of aromatic nitrogens is 1. The number of nitrogens with two attached hydrogens (primary N) is 1. The number of rotatable bonds is 3. The van der Waals surface area contributed by atoms with E-state index in [1.54, 1.807) is 6.07 Å². The Balaban J connectivity index is 2.25. The number of halogens is 2. The molecule has 1 atom stereocenters. The second-order valence-corrected chi connectivity index (χ2v) is 4.65. The zero-order valence-corrected chi connectivity index (χ0v) is 11.0. The van der Waals surface area contributed by atoms with Crippen LogP contribution >= 0.6 is 0 Å². The van der Waals surface area contributed by atoms with Crippen LogP contribution in [0.25, 0.3) is 0 Å². The van der Waals surface area contributed by atoms with Gasteiger partial charge >= 0.3 is 0 Å². The van der Waals surface area contributed by atoms with Gasteiger partial charge in [-0.15, -0.1) is 0 Å². The lowest BCUT2D eigenvalue weighted by Crippen LogP contribution is -2.16. The van der Waals surface area contributed by atoms with Crippen LogP contribution in [0.4, 0.5) is 8.78 Å². The lowest BCUT2D eigenvalue weighted by molar-refractivity contribution is 0.494. The van der Waals surface area contributed by atoms with Gasteiger partial charge in [0.1, 0.15) is 0 Å². The van der Waals surface area contributed by atoms with Crippen molar-refractivity contribution < 1.29 is 8.78 Å². The van der Waals surface area contributed by atoms with Crippen molar-refractivity contribution in [3.63, 3.8) is 0 Å². The Kier molecular flexibility index (Phi) is 3.90. The third-order valence-corrected chi connectivity index (χ3v) is 3.14. The summed E-state index contributed by atoms with van der Waals surface area (Å²) in [5.74, 6) is -1.67. The number of hydrogen-bond acceptors (Lipinski definition) is 2. The molecule has 0 saturated carbocycles. The molecule has 0 radical (unpaired) electrons. The van der Waals surface area contributed by atoms with Gasteiger partial charge in [0.05, 0.1) is 0 Å². The Labute approximate surface area is 111 Å². The molecule has 2 N–H and O–H groups in total. The molecular formula is C15H16F2N2. The van der Waals surface area contributed by atoms with Gasteiger partial charge in [0, 0.05) is 17.4 Å². The minimum Gasteiger partial charge on any atom is -0.324 e. The number of aryl methyl sites for hydroxylation is 2. The first-order valence-corrected chi connectivity index (χ1v) is 6.11. The maximum Gasteiger partial charge on any atom is 0.162 e. The molecule has 2 aromatic rings. The Bertz CT molecular complexity index is 597. The van der Waals surface area contributed by atoms with Crippen LogP contribution in [0.2, 0.25) is 0 Å². The van der Waals surface area contributed by atoms with E-state index < -0.39 is 17.7 Å². The average molecular weight is 262 g/mol. The first kappa shape index (κ1) is 13.6. The lowest BCUT2D eigenvalue weighted by atomic mass is 9.98. The van der Waals surface area contributed by atoms with E-state index in [1.165, 1.54) is 6.07 Å². The summed E-state index contributed by atoms with van der Waals surface area (Å²) in [5.41, 5.74) is 8.94. The van der Waals surface area contributed by atoms with Crippen LogP contribution in [-0.4, -0.2) is 4.98 Å². The summed E-state index contributed by atoms with van der Waals surface area (Å²) in [6.45, 7) is 3.76. The summed E-state index contributed by atoms with van der Waals surface area (Å²) in [6, 6.07) is 7.49. The number of benzene rings is 1. The predicted molar refractivity (Wildman–Crippen MR) is 70.7 cm³/mol. The van der Waals surface area contributed by atoms with Crippen LogP contribution in [0.1, 0.15) is 28.6 Å². The Hall–Kier alpha value is -1.81. The molecule has 2 nitrogen and oxygen atoms in total. The van der Waals surface area contributed by atoms with E-state index in [0.29, 0.717) is 0 Å². The zero-order valence-electron chi connectivity index (χ0n) is 11.0. The van der Waals surface area contributed by atoms with E-state index in [1.807, 2.05) is 26.0 Å². The third-order valence-electron chi connectivity index (χ3n) is 3.14. The molecule has 1 unspecified atom stereocenters. The standard InChI is InChI=1S/C15H16F2N2/c1-9-6-7-12(10(2)19-9)14(18)8-11-4-3-5-13(16)15(11)17/h3-7,14H,8,18H2,1-2H3. The Morgan fingerprint density at radius 1 is 1.16 bits per heavy atom. The Morgan fingerprint density at radius 2 is 1.89 bits per heavy atom. The molecule has 0 bridgehead atoms. The molecule has 2 rings (SSSR count). The topological polar surface area (TPSA) is 38.9 Å². The Morgan fingerprint density at radius 3 is 2.58 bits per heavy atom. The summed E-state index contributed by atoms with van der Waals surface area (Å²) in [7, 11) is 0. The van der Waals surface area contributed by atoms with Gasteiger partial charge in [-0.25, -0.2) is 8.78 Å². The molecule has 100 valence electrons. The van der Waals surface area contributed by atoms with E-state index >= 15 is 0 Å². The minimum absolute atomic E-state index is 0.245. The minimum atomic E-state index is -0.844. The SMILES string of the molecule is Cc1ccc(C(N)Cc2cccc(F)c2F)c(C)n1. The molecule has 1 aromatic heterocycles. The van der Waals surface area contributed by atoms with Crippen LogP contribution in [0, 0.1) is 25.5 Å². The second kappa shape index (κ2) is 5.45. The summed E-state index contributed by atoms with van der Waals surface area (Å²) in [6.07, 6.45) is 0.245. The van der Waals surface area contributed by atoms with Crippen molar-refractivity contribution >= 4 is 0 Å². The fraction of sp³-hybridized carbons (Fsp3) is 0.267.